The van der Waals surface area contributed by atoms with Crippen LogP contribution in [0.25, 0.3) is 6.08 Å². The lowest BCUT2D eigenvalue weighted by Gasteiger charge is -2.25. The van der Waals surface area contributed by atoms with Crippen molar-refractivity contribution in [3.05, 3.63) is 39.9 Å². The Bertz CT molecular complexity index is 680. The minimum Gasteiger partial charge on any atom is -0.335 e. The molecule has 0 aromatic heterocycles. The first-order valence-corrected chi connectivity index (χ1v) is 9.55. The number of nitrogens with zero attached hydrogens (tertiary/aromatic N) is 1. The van der Waals surface area contributed by atoms with Crippen LogP contribution in [0.5, 0.6) is 0 Å². The van der Waals surface area contributed by atoms with Crippen molar-refractivity contribution < 1.29 is 13.2 Å². The van der Waals surface area contributed by atoms with Crippen LogP contribution < -0.4 is 0 Å². The number of amides is 1. The number of rotatable bonds is 4. The van der Waals surface area contributed by atoms with Gasteiger partial charge in [0.05, 0.1) is 11.5 Å². The summed E-state index contributed by atoms with van der Waals surface area (Å²) in [7, 11) is -3.02. The van der Waals surface area contributed by atoms with Gasteiger partial charge in [0.25, 0.3) is 0 Å². The normalized spacial score (nSPS) is 20.4. The van der Waals surface area contributed by atoms with E-state index in [9.17, 15) is 13.2 Å². The second-order valence-electron chi connectivity index (χ2n) is 5.15. The third-order valence-corrected chi connectivity index (χ3v) is 6.07. The smallest absolute Gasteiger partial charge is 0.246 e. The maximum Gasteiger partial charge on any atom is 0.246 e. The van der Waals surface area contributed by atoms with E-state index in [-0.39, 0.29) is 23.5 Å². The second kappa shape index (κ2) is 7.02. The summed E-state index contributed by atoms with van der Waals surface area (Å²) in [6, 6.07) is 4.86. The van der Waals surface area contributed by atoms with Gasteiger partial charge in [-0.1, -0.05) is 29.3 Å². The molecule has 0 bridgehead atoms. The summed E-state index contributed by atoms with van der Waals surface area (Å²) < 4.78 is 23.1. The van der Waals surface area contributed by atoms with Gasteiger partial charge in [-0.15, -0.1) is 0 Å². The van der Waals surface area contributed by atoms with Crippen LogP contribution in [0, 0.1) is 0 Å². The van der Waals surface area contributed by atoms with Gasteiger partial charge in [0.2, 0.25) is 5.91 Å². The van der Waals surface area contributed by atoms with E-state index in [1.165, 1.54) is 6.08 Å². The number of hydrogen-bond donors (Lipinski definition) is 0. The van der Waals surface area contributed by atoms with E-state index in [1.54, 1.807) is 29.2 Å². The Morgan fingerprint density at radius 3 is 2.50 bits per heavy atom. The van der Waals surface area contributed by atoms with Crippen LogP contribution in [0.15, 0.2) is 24.3 Å². The summed E-state index contributed by atoms with van der Waals surface area (Å²) in [6.45, 7) is 2.29. The number of hydrogen-bond acceptors (Lipinski definition) is 3. The third kappa shape index (κ3) is 4.03. The minimum atomic E-state index is -3.02. The van der Waals surface area contributed by atoms with Crippen molar-refractivity contribution in [2.45, 2.75) is 19.4 Å². The molecule has 0 radical (unpaired) electrons. The van der Waals surface area contributed by atoms with E-state index in [2.05, 4.69) is 0 Å². The molecule has 1 heterocycles. The zero-order chi connectivity index (χ0) is 16.3. The fourth-order valence-corrected chi connectivity index (χ4v) is 4.79. The van der Waals surface area contributed by atoms with Crippen molar-refractivity contribution >= 4 is 45.0 Å². The van der Waals surface area contributed by atoms with Gasteiger partial charge in [-0.25, -0.2) is 8.42 Å². The Hall–Kier alpha value is -1.04. The van der Waals surface area contributed by atoms with E-state index < -0.39 is 9.84 Å². The summed E-state index contributed by atoms with van der Waals surface area (Å²) in [6.07, 6.45) is 3.45. The first-order valence-electron chi connectivity index (χ1n) is 6.97. The van der Waals surface area contributed by atoms with E-state index in [1.807, 2.05) is 6.92 Å². The van der Waals surface area contributed by atoms with Crippen molar-refractivity contribution in [1.29, 1.82) is 0 Å². The van der Waals surface area contributed by atoms with Gasteiger partial charge in [-0.05, 0) is 31.6 Å². The van der Waals surface area contributed by atoms with Gasteiger partial charge in [0.15, 0.2) is 9.84 Å². The van der Waals surface area contributed by atoms with Crippen molar-refractivity contribution in [1.82, 2.24) is 4.90 Å². The van der Waals surface area contributed by atoms with E-state index in [0.29, 0.717) is 28.6 Å². The Balaban J connectivity index is 2.15. The lowest BCUT2D eigenvalue weighted by Crippen LogP contribution is -2.40. The monoisotopic (exact) mass is 361 g/mol. The Kier molecular flexibility index (Phi) is 5.53. The molecule has 1 amide bonds. The van der Waals surface area contributed by atoms with E-state index >= 15 is 0 Å². The van der Waals surface area contributed by atoms with Gasteiger partial charge >= 0.3 is 0 Å². The highest BCUT2D eigenvalue weighted by Crippen LogP contribution is 2.26. The van der Waals surface area contributed by atoms with Crippen molar-refractivity contribution in [3.63, 3.8) is 0 Å². The van der Waals surface area contributed by atoms with Gasteiger partial charge in [-0.2, -0.15) is 0 Å². The standard InChI is InChI=1S/C15H17Cl2NO3S/c1-2-18(11-8-9-22(20,21)10-11)15(19)7-6-12-13(16)4-3-5-14(12)17/h3-7,11H,2,8-10H2,1H3/b7-6+. The molecule has 0 spiro atoms. The summed E-state index contributed by atoms with van der Waals surface area (Å²) in [5, 5.41) is 0.922. The largest absolute Gasteiger partial charge is 0.335 e. The van der Waals surface area contributed by atoms with Gasteiger partial charge in [-0.3, -0.25) is 4.79 Å². The zero-order valence-corrected chi connectivity index (χ0v) is 14.5. The first kappa shape index (κ1) is 17.3. The van der Waals surface area contributed by atoms with Crippen LogP contribution in [0.2, 0.25) is 10.0 Å². The number of benzene rings is 1. The molecule has 1 saturated heterocycles. The molecule has 1 unspecified atom stereocenters. The number of carbonyl (C=O) groups excluding carboxylic acids is 1. The summed E-state index contributed by atoms with van der Waals surface area (Å²) in [5.41, 5.74) is 0.578. The molecule has 1 aromatic carbocycles. The molecule has 120 valence electrons. The Morgan fingerprint density at radius 2 is 2.00 bits per heavy atom. The van der Waals surface area contributed by atoms with Gasteiger partial charge < -0.3 is 4.90 Å². The third-order valence-electron chi connectivity index (χ3n) is 3.67. The highest BCUT2D eigenvalue weighted by molar-refractivity contribution is 7.91. The Labute approximate surface area is 140 Å². The minimum absolute atomic E-state index is 0.0350. The quantitative estimate of drug-likeness (QED) is 0.774. The average Bonchev–Trinajstić information content (AvgIpc) is 2.79. The maximum absolute atomic E-state index is 12.3. The number of carbonyl (C=O) groups is 1. The summed E-state index contributed by atoms with van der Waals surface area (Å²) in [4.78, 5) is 13.9. The molecule has 22 heavy (non-hydrogen) atoms. The highest BCUT2D eigenvalue weighted by atomic mass is 35.5. The van der Waals surface area contributed by atoms with Crippen LogP contribution in [-0.4, -0.2) is 43.3 Å². The number of sulfone groups is 1. The van der Waals surface area contributed by atoms with Crippen molar-refractivity contribution in [2.24, 2.45) is 0 Å². The highest BCUT2D eigenvalue weighted by Gasteiger charge is 2.33. The molecule has 1 atom stereocenters. The molecule has 1 fully saturated rings. The molecule has 0 saturated carbocycles. The van der Waals surface area contributed by atoms with Crippen LogP contribution in [0.4, 0.5) is 0 Å². The summed E-state index contributed by atoms with van der Waals surface area (Å²) >= 11 is 12.1. The predicted octanol–water partition coefficient (Wildman–Crippen LogP) is 3.04. The second-order valence-corrected chi connectivity index (χ2v) is 8.19. The molecule has 0 aliphatic carbocycles. The SMILES string of the molecule is CCN(C(=O)/C=C/c1c(Cl)cccc1Cl)C1CCS(=O)(=O)C1. The molecular formula is C15H17Cl2NO3S. The number of halogens is 2. The van der Waals surface area contributed by atoms with Crippen LogP contribution in [0.1, 0.15) is 18.9 Å². The molecular weight excluding hydrogens is 345 g/mol. The van der Waals surface area contributed by atoms with Crippen molar-refractivity contribution in [3.8, 4) is 0 Å². The molecule has 7 heteroatoms. The molecule has 4 nitrogen and oxygen atoms in total. The Morgan fingerprint density at radius 1 is 1.36 bits per heavy atom. The fourth-order valence-electron chi connectivity index (χ4n) is 2.54. The van der Waals surface area contributed by atoms with Gasteiger partial charge in [0.1, 0.15) is 0 Å². The zero-order valence-electron chi connectivity index (χ0n) is 12.1. The first-order chi connectivity index (χ1) is 10.3. The topological polar surface area (TPSA) is 54.5 Å². The van der Waals surface area contributed by atoms with E-state index in [4.69, 9.17) is 23.2 Å². The lowest BCUT2D eigenvalue weighted by atomic mass is 10.2. The van der Waals surface area contributed by atoms with E-state index in [0.717, 1.165) is 0 Å². The van der Waals surface area contributed by atoms with Crippen molar-refractivity contribution in [2.75, 3.05) is 18.1 Å². The summed E-state index contributed by atoms with van der Waals surface area (Å²) in [5.74, 6) is -0.0602. The van der Waals surface area contributed by atoms with Crippen LogP contribution in [0.3, 0.4) is 0 Å². The average molecular weight is 362 g/mol. The van der Waals surface area contributed by atoms with Crippen LogP contribution >= 0.6 is 23.2 Å². The molecule has 1 aliphatic rings. The lowest BCUT2D eigenvalue weighted by molar-refractivity contribution is -0.127. The molecule has 1 aliphatic heterocycles. The maximum atomic E-state index is 12.3. The van der Waals surface area contributed by atoms with Crippen LogP contribution in [-0.2, 0) is 14.6 Å². The predicted molar refractivity (Wildman–Crippen MR) is 89.9 cm³/mol. The van der Waals surface area contributed by atoms with Gasteiger partial charge in [0, 0.05) is 34.3 Å². The fraction of sp³-hybridized carbons (Fsp3) is 0.400. The molecule has 0 N–H and O–H groups in total. The number of likely N-dealkylation sites (N-methyl/N-ethyl adjacent to an activating group) is 1. The molecule has 1 aromatic rings. The molecule has 2 rings (SSSR count).